The second kappa shape index (κ2) is 7.73. The van der Waals surface area contributed by atoms with Crippen molar-refractivity contribution in [2.75, 3.05) is 43.4 Å². The zero-order chi connectivity index (χ0) is 22.5. The molecule has 0 radical (unpaired) electrons. The zero-order valence-corrected chi connectivity index (χ0v) is 18.7. The Morgan fingerprint density at radius 2 is 1.91 bits per heavy atom. The number of fused-ring (bicyclic) bond motifs is 1. The van der Waals surface area contributed by atoms with Gasteiger partial charge in [-0.25, -0.2) is 0 Å². The van der Waals surface area contributed by atoms with Crippen molar-refractivity contribution in [3.8, 4) is 11.6 Å². The Morgan fingerprint density at radius 3 is 2.59 bits per heavy atom. The second-order valence-electron chi connectivity index (χ2n) is 9.34. The predicted molar refractivity (Wildman–Crippen MR) is 119 cm³/mol. The van der Waals surface area contributed by atoms with Crippen molar-refractivity contribution in [1.29, 1.82) is 0 Å². The quantitative estimate of drug-likeness (QED) is 0.643. The monoisotopic (exact) mass is 439 g/mol. The minimum Gasteiger partial charge on any atom is -0.461 e. The van der Waals surface area contributed by atoms with E-state index in [1.54, 1.807) is 18.4 Å². The van der Waals surface area contributed by atoms with Crippen molar-refractivity contribution in [2.24, 2.45) is 0 Å². The number of nitrogen functional groups attached to an aromatic ring is 1. The van der Waals surface area contributed by atoms with Gasteiger partial charge in [0.25, 0.3) is 5.78 Å². The van der Waals surface area contributed by atoms with Crippen molar-refractivity contribution in [3.05, 3.63) is 18.4 Å². The van der Waals surface area contributed by atoms with Gasteiger partial charge in [0.15, 0.2) is 5.76 Å². The number of nitrogens with zero attached hydrogens (tertiary/aromatic N) is 8. The summed E-state index contributed by atoms with van der Waals surface area (Å²) in [5.74, 6) is 1.97. The first-order valence-electron chi connectivity index (χ1n) is 11.1. The van der Waals surface area contributed by atoms with E-state index in [1.165, 1.54) is 4.52 Å². The van der Waals surface area contributed by atoms with Crippen LogP contribution in [0.5, 0.6) is 0 Å². The molecule has 2 N–H and O–H groups in total. The van der Waals surface area contributed by atoms with Crippen LogP contribution in [0.3, 0.4) is 0 Å². The van der Waals surface area contributed by atoms with E-state index in [4.69, 9.17) is 10.2 Å². The summed E-state index contributed by atoms with van der Waals surface area (Å²) in [5, 5.41) is 4.34. The number of piperazine rings is 1. The number of furan rings is 1. The second-order valence-corrected chi connectivity index (χ2v) is 9.34. The summed E-state index contributed by atoms with van der Waals surface area (Å²) in [4.78, 5) is 33.2. The summed E-state index contributed by atoms with van der Waals surface area (Å²) < 4.78 is 6.76. The molecule has 2 fully saturated rings. The molecule has 0 aliphatic carbocycles. The average Bonchev–Trinajstić information content (AvgIpc) is 3.52. The lowest BCUT2D eigenvalue weighted by atomic mass is 10.0. The Bertz CT molecular complexity index is 1110. The van der Waals surface area contributed by atoms with E-state index in [-0.39, 0.29) is 23.4 Å². The van der Waals surface area contributed by atoms with E-state index in [1.807, 2.05) is 9.80 Å². The summed E-state index contributed by atoms with van der Waals surface area (Å²) in [6, 6.07) is 3.25. The largest absolute Gasteiger partial charge is 0.461 e. The lowest BCUT2D eigenvalue weighted by molar-refractivity contribution is -0.135. The molecule has 2 aliphatic heterocycles. The van der Waals surface area contributed by atoms with Gasteiger partial charge >= 0.3 is 0 Å². The topological polar surface area (TPSA) is 122 Å². The summed E-state index contributed by atoms with van der Waals surface area (Å²) in [6.45, 7) is 10.6. The lowest BCUT2D eigenvalue weighted by Gasteiger charge is -2.43. The molecule has 1 amide bonds. The molecule has 3 aromatic rings. The standard InChI is InChI=1S/C21H29N9O2/c1-21(2,3)28-11-9-27(10-12-28)17(31)14-6-4-8-29(14)19-24-18(22)30-20(25-19)23-16(26-30)15-7-5-13-32-15/h5,7,13-14H,4,6,8-12H2,1-3H3,(H2,22,23,24,25,26)/t14-/m0/s1. The highest BCUT2D eigenvalue weighted by molar-refractivity contribution is 5.85. The molecule has 170 valence electrons. The van der Waals surface area contributed by atoms with E-state index >= 15 is 0 Å². The van der Waals surface area contributed by atoms with E-state index in [0.29, 0.717) is 29.9 Å². The predicted octanol–water partition coefficient (Wildman–Crippen LogP) is 1.27. The number of rotatable bonds is 3. The van der Waals surface area contributed by atoms with Crippen LogP contribution in [0.1, 0.15) is 33.6 Å². The highest BCUT2D eigenvalue weighted by Crippen LogP contribution is 2.27. The lowest BCUT2D eigenvalue weighted by Crippen LogP contribution is -2.57. The number of hydrogen-bond donors (Lipinski definition) is 1. The number of carbonyl (C=O) groups excluding carboxylic acids is 1. The molecule has 0 spiro atoms. The van der Waals surface area contributed by atoms with Crippen LogP contribution in [-0.2, 0) is 4.79 Å². The van der Waals surface area contributed by atoms with Crippen molar-refractivity contribution in [2.45, 2.75) is 45.2 Å². The molecule has 0 aromatic carbocycles. The Morgan fingerprint density at radius 1 is 1.12 bits per heavy atom. The first-order valence-corrected chi connectivity index (χ1v) is 11.1. The first kappa shape index (κ1) is 20.7. The van der Waals surface area contributed by atoms with Gasteiger partial charge in [0.1, 0.15) is 6.04 Å². The molecule has 5 heterocycles. The summed E-state index contributed by atoms with van der Waals surface area (Å²) in [5.41, 5.74) is 6.28. The third-order valence-corrected chi connectivity index (χ3v) is 6.30. The number of amides is 1. The van der Waals surface area contributed by atoms with Crippen LogP contribution in [0, 0.1) is 0 Å². The smallest absolute Gasteiger partial charge is 0.259 e. The number of aromatic nitrogens is 5. The minimum atomic E-state index is -0.287. The minimum absolute atomic E-state index is 0.113. The summed E-state index contributed by atoms with van der Waals surface area (Å²) in [6.07, 6.45) is 3.23. The molecule has 2 aliphatic rings. The van der Waals surface area contributed by atoms with Crippen LogP contribution in [0.2, 0.25) is 0 Å². The van der Waals surface area contributed by atoms with Crippen LogP contribution < -0.4 is 10.6 Å². The molecule has 32 heavy (non-hydrogen) atoms. The summed E-state index contributed by atoms with van der Waals surface area (Å²) >= 11 is 0. The van der Waals surface area contributed by atoms with Gasteiger partial charge < -0.3 is 20.0 Å². The van der Waals surface area contributed by atoms with Crippen LogP contribution in [0.25, 0.3) is 17.4 Å². The van der Waals surface area contributed by atoms with Gasteiger partial charge in [0, 0.05) is 38.3 Å². The molecule has 11 heteroatoms. The molecular formula is C21H29N9O2. The SMILES string of the molecule is CC(C)(C)N1CCN(C(=O)[C@@H]2CCCN2c2nc(N)n3nc(-c4ccco4)nc3n2)CC1. The zero-order valence-electron chi connectivity index (χ0n) is 18.7. The van der Waals surface area contributed by atoms with Gasteiger partial charge in [-0.3, -0.25) is 9.69 Å². The summed E-state index contributed by atoms with van der Waals surface area (Å²) in [7, 11) is 0. The maximum absolute atomic E-state index is 13.4. The van der Waals surface area contributed by atoms with Gasteiger partial charge in [0.2, 0.25) is 23.6 Å². The van der Waals surface area contributed by atoms with Crippen molar-refractivity contribution in [3.63, 3.8) is 0 Å². The van der Waals surface area contributed by atoms with Crippen LogP contribution in [0.4, 0.5) is 11.9 Å². The van der Waals surface area contributed by atoms with Gasteiger partial charge in [-0.05, 0) is 45.7 Å². The molecule has 0 unspecified atom stereocenters. The van der Waals surface area contributed by atoms with Gasteiger partial charge in [-0.1, -0.05) is 0 Å². The molecule has 2 saturated heterocycles. The molecular weight excluding hydrogens is 410 g/mol. The normalized spacial score (nSPS) is 20.4. The Kier molecular flexibility index (Phi) is 5.00. The van der Waals surface area contributed by atoms with E-state index in [2.05, 4.69) is 45.7 Å². The fourth-order valence-electron chi connectivity index (χ4n) is 4.50. The molecule has 3 aromatic heterocycles. The number of nitrogens with two attached hydrogens (primary N) is 1. The molecule has 5 rings (SSSR count). The van der Waals surface area contributed by atoms with Crippen LogP contribution in [0.15, 0.2) is 22.8 Å². The first-order chi connectivity index (χ1) is 15.3. The third-order valence-electron chi connectivity index (χ3n) is 6.30. The molecule has 11 nitrogen and oxygen atoms in total. The molecule has 0 bridgehead atoms. The number of anilines is 2. The Labute approximate surface area is 186 Å². The molecule has 0 saturated carbocycles. The van der Waals surface area contributed by atoms with E-state index < -0.39 is 0 Å². The van der Waals surface area contributed by atoms with Crippen molar-refractivity contribution in [1.82, 2.24) is 34.4 Å². The Hall–Kier alpha value is -3.21. The van der Waals surface area contributed by atoms with E-state index in [9.17, 15) is 4.79 Å². The van der Waals surface area contributed by atoms with E-state index in [0.717, 1.165) is 39.0 Å². The van der Waals surface area contributed by atoms with Gasteiger partial charge in [-0.15, -0.1) is 5.10 Å². The maximum atomic E-state index is 13.4. The van der Waals surface area contributed by atoms with Gasteiger partial charge in [0.05, 0.1) is 6.26 Å². The Balaban J connectivity index is 1.37. The molecule has 1 atom stereocenters. The van der Waals surface area contributed by atoms with Crippen molar-refractivity contribution < 1.29 is 9.21 Å². The van der Waals surface area contributed by atoms with Crippen LogP contribution in [-0.4, -0.2) is 84.6 Å². The highest BCUT2D eigenvalue weighted by Gasteiger charge is 2.37. The fourth-order valence-corrected chi connectivity index (χ4v) is 4.50. The maximum Gasteiger partial charge on any atom is 0.259 e. The highest BCUT2D eigenvalue weighted by atomic mass is 16.3. The van der Waals surface area contributed by atoms with Gasteiger partial charge in [-0.2, -0.15) is 19.5 Å². The third kappa shape index (κ3) is 3.66. The van der Waals surface area contributed by atoms with Crippen LogP contribution >= 0.6 is 0 Å². The number of carbonyl (C=O) groups is 1. The van der Waals surface area contributed by atoms with Crippen molar-refractivity contribution >= 4 is 23.6 Å². The average molecular weight is 440 g/mol. The number of hydrogen-bond acceptors (Lipinski definition) is 9. The fraction of sp³-hybridized carbons (Fsp3) is 0.571.